The van der Waals surface area contributed by atoms with Crippen LogP contribution < -0.4 is 10.2 Å². The Kier molecular flexibility index (Phi) is 2.62. The highest BCUT2D eigenvalue weighted by Crippen LogP contribution is 2.23. The smallest absolute Gasteiger partial charge is 0.192 e. The number of ether oxygens (including phenoxy) is 1. The van der Waals surface area contributed by atoms with E-state index in [0.717, 1.165) is 47.2 Å². The maximum absolute atomic E-state index is 12.4. The molecule has 0 atom stereocenters. The van der Waals surface area contributed by atoms with Gasteiger partial charge in [0.25, 0.3) is 0 Å². The van der Waals surface area contributed by atoms with Gasteiger partial charge in [0.05, 0.1) is 6.10 Å². The number of H-pyrrole nitrogens is 1. The summed E-state index contributed by atoms with van der Waals surface area (Å²) in [6.45, 7) is 3.97. The Labute approximate surface area is 106 Å². The van der Waals surface area contributed by atoms with Crippen LogP contribution in [0.15, 0.2) is 23.0 Å². The van der Waals surface area contributed by atoms with Gasteiger partial charge in [0.1, 0.15) is 5.75 Å². The summed E-state index contributed by atoms with van der Waals surface area (Å²) in [5.74, 6) is 0.765. The molecular weight excluding hydrogens is 226 g/mol. The zero-order valence-electron chi connectivity index (χ0n) is 10.7. The van der Waals surface area contributed by atoms with Gasteiger partial charge in [-0.15, -0.1) is 0 Å². The third-order valence-electron chi connectivity index (χ3n) is 3.38. The molecule has 0 radical (unpaired) electrons. The molecule has 0 spiro atoms. The van der Waals surface area contributed by atoms with E-state index in [0.29, 0.717) is 0 Å². The van der Waals surface area contributed by atoms with Gasteiger partial charge in [0.2, 0.25) is 0 Å². The number of aromatic amines is 1. The van der Waals surface area contributed by atoms with Crippen LogP contribution in [0.3, 0.4) is 0 Å². The largest absolute Gasteiger partial charge is 0.491 e. The standard InChI is InChI=1S/C15H17NO2/c1-9(2)18-10-6-7-14-12(8-10)15(17)11-4-3-5-13(11)16-14/h6-9H,3-5H2,1-2H3,(H,16,17). The first-order chi connectivity index (χ1) is 8.65. The second-order valence-corrected chi connectivity index (χ2v) is 5.14. The highest BCUT2D eigenvalue weighted by atomic mass is 16.5. The lowest BCUT2D eigenvalue weighted by Crippen LogP contribution is -2.11. The number of hydrogen-bond acceptors (Lipinski definition) is 2. The molecule has 1 aliphatic rings. The Hall–Kier alpha value is -1.77. The minimum atomic E-state index is 0.121. The van der Waals surface area contributed by atoms with E-state index in [4.69, 9.17) is 4.74 Å². The lowest BCUT2D eigenvalue weighted by molar-refractivity contribution is 0.243. The molecule has 2 aromatic rings. The maximum atomic E-state index is 12.4. The summed E-state index contributed by atoms with van der Waals surface area (Å²) in [5.41, 5.74) is 3.16. The number of aryl methyl sites for hydroxylation is 1. The molecular formula is C15H17NO2. The minimum Gasteiger partial charge on any atom is -0.491 e. The van der Waals surface area contributed by atoms with E-state index >= 15 is 0 Å². The van der Waals surface area contributed by atoms with Crippen LogP contribution in [0.5, 0.6) is 5.75 Å². The first kappa shape index (κ1) is 11.3. The lowest BCUT2D eigenvalue weighted by atomic mass is 10.1. The molecule has 1 N–H and O–H groups in total. The van der Waals surface area contributed by atoms with Crippen molar-refractivity contribution in [2.75, 3.05) is 0 Å². The molecule has 0 unspecified atom stereocenters. The Balaban J connectivity index is 2.19. The van der Waals surface area contributed by atoms with E-state index in [1.165, 1.54) is 0 Å². The van der Waals surface area contributed by atoms with Gasteiger partial charge in [0.15, 0.2) is 5.43 Å². The Morgan fingerprint density at radius 3 is 2.89 bits per heavy atom. The maximum Gasteiger partial charge on any atom is 0.192 e. The van der Waals surface area contributed by atoms with Gasteiger partial charge in [-0.3, -0.25) is 4.79 Å². The number of aromatic nitrogens is 1. The minimum absolute atomic E-state index is 0.121. The third-order valence-corrected chi connectivity index (χ3v) is 3.38. The number of fused-ring (bicyclic) bond motifs is 2. The fraction of sp³-hybridized carbons (Fsp3) is 0.400. The molecule has 0 saturated heterocycles. The van der Waals surface area contributed by atoms with Crippen molar-refractivity contribution in [2.45, 2.75) is 39.2 Å². The van der Waals surface area contributed by atoms with Gasteiger partial charge in [-0.2, -0.15) is 0 Å². The third kappa shape index (κ3) is 1.80. The SMILES string of the molecule is CC(C)Oc1ccc2[nH]c3c(c(=O)c2c1)CCC3. The molecule has 1 heterocycles. The van der Waals surface area contributed by atoms with Gasteiger partial charge < -0.3 is 9.72 Å². The molecule has 1 aromatic heterocycles. The predicted molar refractivity (Wildman–Crippen MR) is 72.4 cm³/mol. The summed E-state index contributed by atoms with van der Waals surface area (Å²) in [4.78, 5) is 15.8. The van der Waals surface area contributed by atoms with Gasteiger partial charge in [-0.1, -0.05) is 0 Å². The number of pyridine rings is 1. The number of hydrogen-bond donors (Lipinski definition) is 1. The normalized spacial score (nSPS) is 14.2. The van der Waals surface area contributed by atoms with Gasteiger partial charge in [0, 0.05) is 22.2 Å². The lowest BCUT2D eigenvalue weighted by Gasteiger charge is -2.11. The summed E-state index contributed by atoms with van der Waals surface area (Å²) < 4.78 is 5.64. The predicted octanol–water partition coefficient (Wildman–Crippen LogP) is 2.80. The molecule has 3 heteroatoms. The molecule has 0 aliphatic heterocycles. The van der Waals surface area contributed by atoms with Crippen molar-refractivity contribution in [1.29, 1.82) is 0 Å². The molecule has 3 rings (SSSR count). The average Bonchev–Trinajstić information content (AvgIpc) is 2.78. The molecule has 0 bridgehead atoms. The summed E-state index contributed by atoms with van der Waals surface area (Å²) in [6.07, 6.45) is 3.09. The van der Waals surface area contributed by atoms with Crippen LogP contribution in [-0.4, -0.2) is 11.1 Å². The van der Waals surface area contributed by atoms with Gasteiger partial charge in [-0.05, 0) is 51.3 Å². The summed E-state index contributed by atoms with van der Waals surface area (Å²) in [6, 6.07) is 5.71. The molecule has 3 nitrogen and oxygen atoms in total. The first-order valence-corrected chi connectivity index (χ1v) is 6.49. The van der Waals surface area contributed by atoms with E-state index in [2.05, 4.69) is 4.98 Å². The Bertz CT molecular complexity index is 655. The van der Waals surface area contributed by atoms with E-state index in [9.17, 15) is 4.79 Å². The summed E-state index contributed by atoms with van der Waals surface area (Å²) in [7, 11) is 0. The van der Waals surface area contributed by atoms with E-state index in [1.54, 1.807) is 0 Å². The zero-order chi connectivity index (χ0) is 12.7. The molecule has 94 valence electrons. The Morgan fingerprint density at radius 2 is 2.11 bits per heavy atom. The van der Waals surface area contributed by atoms with Crippen molar-refractivity contribution in [3.63, 3.8) is 0 Å². The molecule has 0 saturated carbocycles. The van der Waals surface area contributed by atoms with Gasteiger partial charge in [-0.25, -0.2) is 0 Å². The second-order valence-electron chi connectivity index (χ2n) is 5.14. The van der Waals surface area contributed by atoms with Crippen LogP contribution in [-0.2, 0) is 12.8 Å². The van der Waals surface area contributed by atoms with E-state index < -0.39 is 0 Å². The van der Waals surface area contributed by atoms with Crippen LogP contribution >= 0.6 is 0 Å². The molecule has 1 aromatic carbocycles. The summed E-state index contributed by atoms with van der Waals surface area (Å²) >= 11 is 0. The zero-order valence-corrected chi connectivity index (χ0v) is 10.7. The van der Waals surface area contributed by atoms with Crippen LogP contribution in [0.1, 0.15) is 31.5 Å². The van der Waals surface area contributed by atoms with Gasteiger partial charge >= 0.3 is 0 Å². The van der Waals surface area contributed by atoms with Crippen molar-refractivity contribution in [3.05, 3.63) is 39.7 Å². The summed E-state index contributed by atoms with van der Waals surface area (Å²) in [5, 5.41) is 0.744. The fourth-order valence-electron chi connectivity index (χ4n) is 2.62. The average molecular weight is 243 g/mol. The number of benzene rings is 1. The monoisotopic (exact) mass is 243 g/mol. The molecule has 18 heavy (non-hydrogen) atoms. The van der Waals surface area contributed by atoms with E-state index in [1.807, 2.05) is 32.0 Å². The molecule has 0 amide bonds. The molecule has 0 fully saturated rings. The highest BCUT2D eigenvalue weighted by Gasteiger charge is 2.17. The fourth-order valence-corrected chi connectivity index (χ4v) is 2.62. The van der Waals surface area contributed by atoms with Crippen molar-refractivity contribution in [2.24, 2.45) is 0 Å². The quantitative estimate of drug-likeness (QED) is 0.881. The number of nitrogens with one attached hydrogen (secondary N) is 1. The Morgan fingerprint density at radius 1 is 1.28 bits per heavy atom. The first-order valence-electron chi connectivity index (χ1n) is 6.49. The van der Waals surface area contributed by atoms with Crippen LogP contribution in [0.4, 0.5) is 0 Å². The van der Waals surface area contributed by atoms with Crippen LogP contribution in [0.2, 0.25) is 0 Å². The van der Waals surface area contributed by atoms with Crippen molar-refractivity contribution >= 4 is 10.9 Å². The van der Waals surface area contributed by atoms with Crippen LogP contribution in [0.25, 0.3) is 10.9 Å². The number of rotatable bonds is 2. The van der Waals surface area contributed by atoms with Crippen molar-refractivity contribution in [1.82, 2.24) is 4.98 Å². The van der Waals surface area contributed by atoms with Crippen LogP contribution in [0, 0.1) is 0 Å². The topological polar surface area (TPSA) is 42.1 Å². The van der Waals surface area contributed by atoms with E-state index in [-0.39, 0.29) is 11.5 Å². The highest BCUT2D eigenvalue weighted by molar-refractivity contribution is 5.81. The van der Waals surface area contributed by atoms with Crippen molar-refractivity contribution in [3.8, 4) is 5.75 Å². The molecule has 1 aliphatic carbocycles. The second kappa shape index (κ2) is 4.16. The van der Waals surface area contributed by atoms with Crippen molar-refractivity contribution < 1.29 is 4.74 Å².